The van der Waals surface area contributed by atoms with Gasteiger partial charge in [0.1, 0.15) is 0 Å². The molecule has 0 radical (unpaired) electrons. The van der Waals surface area contributed by atoms with Crippen LogP contribution in [0.2, 0.25) is 0 Å². The van der Waals surface area contributed by atoms with Gasteiger partial charge in [0.15, 0.2) is 0 Å². The number of alkyl halides is 9. The van der Waals surface area contributed by atoms with Crippen molar-refractivity contribution in [3.63, 3.8) is 0 Å². The van der Waals surface area contributed by atoms with Crippen molar-refractivity contribution >= 4 is 37.4 Å². The Hall–Kier alpha value is -3.03. The van der Waals surface area contributed by atoms with Crippen LogP contribution in [0.3, 0.4) is 0 Å². The number of hydrogen-bond donors (Lipinski definition) is 0. The van der Waals surface area contributed by atoms with E-state index in [2.05, 4.69) is 9.44 Å². The molecule has 34 heavy (non-hydrogen) atoms. The minimum Gasteiger partial charge on any atom is -0.264 e. The van der Waals surface area contributed by atoms with E-state index in [1.54, 1.807) is 42.5 Å². The third-order valence-electron chi connectivity index (χ3n) is 4.84. The van der Waals surface area contributed by atoms with Crippen molar-refractivity contribution in [2.24, 2.45) is 5.16 Å². The molecule has 0 saturated heterocycles. The lowest BCUT2D eigenvalue weighted by molar-refractivity contribution is -0.382. The minimum absolute atomic E-state index is 0.125. The summed E-state index contributed by atoms with van der Waals surface area (Å²) >= 11 is 0. The van der Waals surface area contributed by atoms with Crippen molar-refractivity contribution in [2.45, 2.75) is 30.2 Å². The molecule has 0 saturated carbocycles. The van der Waals surface area contributed by atoms with Crippen LogP contribution in [-0.2, 0) is 14.4 Å². The molecule has 0 bridgehead atoms. The van der Waals surface area contributed by atoms with Crippen molar-refractivity contribution in [3.8, 4) is 0 Å². The fourth-order valence-corrected chi connectivity index (χ4v) is 3.86. The Kier molecular flexibility index (Phi) is 6.04. The van der Waals surface area contributed by atoms with Gasteiger partial charge in [-0.3, -0.25) is 4.28 Å². The van der Waals surface area contributed by atoms with E-state index in [0.29, 0.717) is 21.5 Å². The van der Waals surface area contributed by atoms with Gasteiger partial charge in [-0.1, -0.05) is 53.7 Å². The van der Waals surface area contributed by atoms with Gasteiger partial charge in [-0.05, 0) is 34.5 Å². The van der Waals surface area contributed by atoms with Gasteiger partial charge in [0.05, 0.1) is 5.71 Å². The summed E-state index contributed by atoms with van der Waals surface area (Å²) in [5.41, 5.74) is -0.335. The molecule has 3 aromatic rings. The second-order valence-electron chi connectivity index (χ2n) is 7.06. The quantitative estimate of drug-likeness (QED) is 0.163. The third-order valence-corrected chi connectivity index (χ3v) is 5.99. The standard InChI is InChI=1S/C20H12F9NO3S/c1-11(16-14-8-4-2-6-12(14)10-13-7-3-5-9-15(13)16)30-33-34(31,32)20(28,29)18(23,24)17(21,22)19(25,26)27/h2-10H,1H3/b30-11+. The summed E-state index contributed by atoms with van der Waals surface area (Å²) in [6, 6.07) is 14.5. The SMILES string of the molecule is C/C(=N\OS(=O)(=O)C(F)(F)C(F)(F)C(F)(F)C(F)(F)F)c1c2ccccc2cc2ccccc12. The lowest BCUT2D eigenvalue weighted by Crippen LogP contribution is -2.63. The summed E-state index contributed by atoms with van der Waals surface area (Å²) in [6.45, 7) is 1.05. The molecule has 0 fully saturated rings. The Bertz CT molecular complexity index is 1330. The lowest BCUT2D eigenvalue weighted by atomic mass is 9.94. The molecule has 3 rings (SSSR count). The number of rotatable bonds is 6. The van der Waals surface area contributed by atoms with Crippen LogP contribution >= 0.6 is 0 Å². The van der Waals surface area contributed by atoms with Crippen LogP contribution in [0.4, 0.5) is 39.5 Å². The highest BCUT2D eigenvalue weighted by atomic mass is 32.2. The molecule has 0 aliphatic rings. The van der Waals surface area contributed by atoms with Gasteiger partial charge in [-0.2, -0.15) is 47.9 Å². The molecular weight excluding hydrogens is 505 g/mol. The average Bonchev–Trinajstić information content (AvgIpc) is 2.74. The molecule has 0 aromatic heterocycles. The zero-order valence-electron chi connectivity index (χ0n) is 16.7. The minimum atomic E-state index is -7.41. The first-order valence-corrected chi connectivity index (χ1v) is 10.5. The molecule has 0 amide bonds. The Morgan fingerprint density at radius 2 is 1.21 bits per heavy atom. The normalized spacial score (nSPS) is 14.6. The predicted octanol–water partition coefficient (Wildman–Crippen LogP) is 6.49. The van der Waals surface area contributed by atoms with E-state index in [9.17, 15) is 47.9 Å². The maximum absolute atomic E-state index is 13.9. The average molecular weight is 517 g/mol. The Morgan fingerprint density at radius 3 is 1.65 bits per heavy atom. The lowest BCUT2D eigenvalue weighted by Gasteiger charge is -2.31. The molecule has 0 N–H and O–H groups in total. The van der Waals surface area contributed by atoms with Crippen LogP contribution in [-0.4, -0.2) is 37.4 Å². The van der Waals surface area contributed by atoms with Crippen LogP contribution in [0.15, 0.2) is 59.8 Å². The first-order chi connectivity index (χ1) is 15.5. The van der Waals surface area contributed by atoms with E-state index in [-0.39, 0.29) is 5.56 Å². The van der Waals surface area contributed by atoms with Gasteiger partial charge >= 0.3 is 33.4 Å². The molecule has 14 heteroatoms. The van der Waals surface area contributed by atoms with Crippen LogP contribution in [0.25, 0.3) is 21.5 Å². The van der Waals surface area contributed by atoms with Crippen molar-refractivity contribution < 1.29 is 52.2 Å². The molecule has 4 nitrogen and oxygen atoms in total. The van der Waals surface area contributed by atoms with E-state index in [1.807, 2.05) is 0 Å². The second-order valence-corrected chi connectivity index (χ2v) is 8.63. The van der Waals surface area contributed by atoms with Gasteiger partial charge < -0.3 is 0 Å². The maximum Gasteiger partial charge on any atom is 0.460 e. The number of halogens is 9. The summed E-state index contributed by atoms with van der Waals surface area (Å²) in [5.74, 6) is -14.8. The van der Waals surface area contributed by atoms with Crippen LogP contribution in [0.1, 0.15) is 12.5 Å². The maximum atomic E-state index is 13.9. The third kappa shape index (κ3) is 3.83. The molecule has 3 aromatic carbocycles. The van der Waals surface area contributed by atoms with Crippen molar-refractivity contribution in [1.82, 2.24) is 0 Å². The Morgan fingerprint density at radius 1 is 0.765 bits per heavy atom. The van der Waals surface area contributed by atoms with Crippen LogP contribution in [0, 0.1) is 0 Å². The molecule has 0 unspecified atom stereocenters. The molecular formula is C20H12F9NO3S. The Balaban J connectivity index is 2.09. The number of oxime groups is 1. The first-order valence-electron chi connectivity index (χ1n) is 9.04. The fourth-order valence-electron chi connectivity index (χ4n) is 3.12. The van der Waals surface area contributed by atoms with E-state index in [1.165, 1.54) is 12.1 Å². The van der Waals surface area contributed by atoms with Crippen LogP contribution < -0.4 is 0 Å². The molecule has 0 spiro atoms. The molecule has 0 aliphatic carbocycles. The molecule has 0 atom stereocenters. The van der Waals surface area contributed by atoms with Gasteiger partial charge in [-0.15, -0.1) is 0 Å². The van der Waals surface area contributed by atoms with Gasteiger partial charge in [-0.25, -0.2) is 0 Å². The number of benzene rings is 3. The smallest absolute Gasteiger partial charge is 0.264 e. The highest BCUT2D eigenvalue weighted by molar-refractivity contribution is 7.87. The van der Waals surface area contributed by atoms with Gasteiger partial charge in [0, 0.05) is 5.56 Å². The van der Waals surface area contributed by atoms with E-state index in [4.69, 9.17) is 0 Å². The topological polar surface area (TPSA) is 55.7 Å². The Labute approximate surface area is 185 Å². The summed E-state index contributed by atoms with van der Waals surface area (Å²) in [7, 11) is -7.12. The molecule has 0 aliphatic heterocycles. The second kappa shape index (κ2) is 8.03. The highest BCUT2D eigenvalue weighted by Crippen LogP contribution is 2.55. The van der Waals surface area contributed by atoms with Crippen molar-refractivity contribution in [2.75, 3.05) is 0 Å². The highest BCUT2D eigenvalue weighted by Gasteiger charge is 2.86. The van der Waals surface area contributed by atoms with Gasteiger partial charge in [0.2, 0.25) is 0 Å². The summed E-state index contributed by atoms with van der Waals surface area (Å²) < 4.78 is 144. The van der Waals surface area contributed by atoms with Crippen LogP contribution in [0.5, 0.6) is 0 Å². The van der Waals surface area contributed by atoms with E-state index in [0.717, 1.165) is 6.92 Å². The van der Waals surface area contributed by atoms with Crippen molar-refractivity contribution in [3.05, 3.63) is 60.2 Å². The van der Waals surface area contributed by atoms with E-state index < -0.39 is 39.1 Å². The predicted molar refractivity (Wildman–Crippen MR) is 105 cm³/mol. The summed E-state index contributed by atoms with van der Waals surface area (Å²) in [4.78, 5) is 0. The van der Waals surface area contributed by atoms with E-state index >= 15 is 0 Å². The number of nitrogens with zero attached hydrogens (tertiary/aromatic N) is 1. The monoisotopic (exact) mass is 517 g/mol. The van der Waals surface area contributed by atoms with Crippen molar-refractivity contribution in [1.29, 1.82) is 0 Å². The molecule has 184 valence electrons. The fraction of sp³-hybridized carbons (Fsp3) is 0.250. The molecule has 0 heterocycles. The largest absolute Gasteiger partial charge is 0.460 e. The summed E-state index contributed by atoms with van der Waals surface area (Å²) in [6.07, 6.45) is -7.18. The zero-order chi connectivity index (χ0) is 25.7. The summed E-state index contributed by atoms with van der Waals surface area (Å²) in [5, 5.41) is -2.15. The number of hydrogen-bond acceptors (Lipinski definition) is 4. The zero-order valence-corrected chi connectivity index (χ0v) is 17.5. The number of fused-ring (bicyclic) bond motifs is 2. The van der Waals surface area contributed by atoms with Gasteiger partial charge in [0.25, 0.3) is 0 Å². The first kappa shape index (κ1) is 25.6.